The molecular weight excluding hydrogens is 214 g/mol. The van der Waals surface area contributed by atoms with Crippen LogP contribution in [0.3, 0.4) is 0 Å². The summed E-state index contributed by atoms with van der Waals surface area (Å²) in [7, 11) is -3.26. The number of nitrogens with one attached hydrogen (secondary N) is 2. The van der Waals surface area contributed by atoms with Crippen LogP contribution in [0.1, 0.15) is 39.0 Å². The first-order valence-electron chi connectivity index (χ1n) is 5.56. The lowest BCUT2D eigenvalue weighted by Gasteiger charge is -2.06. The smallest absolute Gasteiger partial charge is 0.276 e. The minimum atomic E-state index is -3.26. The molecule has 0 saturated carbocycles. The fraction of sp³-hybridized carbons (Fsp3) is 1.00. The topological polar surface area (TPSA) is 84.2 Å². The van der Waals surface area contributed by atoms with Gasteiger partial charge in [-0.1, -0.05) is 19.8 Å². The van der Waals surface area contributed by atoms with Gasteiger partial charge in [-0.05, 0) is 25.8 Å². The highest BCUT2D eigenvalue weighted by molar-refractivity contribution is 7.87. The molecule has 92 valence electrons. The number of hydrogen-bond acceptors (Lipinski definition) is 3. The summed E-state index contributed by atoms with van der Waals surface area (Å²) in [4.78, 5) is 0. The molecule has 0 heterocycles. The maximum absolute atomic E-state index is 11.2. The molecular formula is C9H23N3O2S. The van der Waals surface area contributed by atoms with Crippen LogP contribution < -0.4 is 15.2 Å². The van der Waals surface area contributed by atoms with Crippen molar-refractivity contribution in [2.24, 2.45) is 5.73 Å². The van der Waals surface area contributed by atoms with E-state index in [0.717, 1.165) is 32.1 Å². The van der Waals surface area contributed by atoms with E-state index in [2.05, 4.69) is 9.44 Å². The summed E-state index contributed by atoms with van der Waals surface area (Å²) in [6, 6.07) is 0. The molecule has 0 aromatic rings. The van der Waals surface area contributed by atoms with Gasteiger partial charge in [0.2, 0.25) is 0 Å². The van der Waals surface area contributed by atoms with E-state index in [1.165, 1.54) is 0 Å². The van der Waals surface area contributed by atoms with Gasteiger partial charge in [-0.15, -0.1) is 0 Å². The van der Waals surface area contributed by atoms with Gasteiger partial charge < -0.3 is 5.73 Å². The minimum absolute atomic E-state index is 0.489. The Labute approximate surface area is 93.0 Å². The number of hydrogen-bond donors (Lipinski definition) is 3. The summed E-state index contributed by atoms with van der Waals surface area (Å²) in [5, 5.41) is 0. The van der Waals surface area contributed by atoms with Crippen molar-refractivity contribution < 1.29 is 8.42 Å². The third-order valence-corrected chi connectivity index (χ3v) is 3.13. The molecule has 6 heteroatoms. The van der Waals surface area contributed by atoms with Crippen molar-refractivity contribution in [3.63, 3.8) is 0 Å². The zero-order valence-electron chi connectivity index (χ0n) is 9.46. The molecule has 4 N–H and O–H groups in total. The van der Waals surface area contributed by atoms with Gasteiger partial charge in [0.15, 0.2) is 0 Å². The van der Waals surface area contributed by atoms with Crippen molar-refractivity contribution in [3.8, 4) is 0 Å². The van der Waals surface area contributed by atoms with Gasteiger partial charge in [0.1, 0.15) is 0 Å². The third kappa shape index (κ3) is 10.1. The molecule has 0 aliphatic heterocycles. The first-order chi connectivity index (χ1) is 7.12. The molecule has 0 rings (SSSR count). The van der Waals surface area contributed by atoms with Crippen LogP contribution in [0.25, 0.3) is 0 Å². The molecule has 0 saturated heterocycles. The highest BCUT2D eigenvalue weighted by Crippen LogP contribution is 1.97. The Hall–Kier alpha value is -0.170. The van der Waals surface area contributed by atoms with E-state index < -0.39 is 10.2 Å². The predicted octanol–water partition coefficient (Wildman–Crippen LogP) is 0.340. The molecule has 0 radical (unpaired) electrons. The summed E-state index contributed by atoms with van der Waals surface area (Å²) < 4.78 is 27.4. The number of unbranched alkanes of at least 4 members (excludes halogenated alkanes) is 3. The maximum Gasteiger partial charge on any atom is 0.276 e. The summed E-state index contributed by atoms with van der Waals surface area (Å²) in [6.45, 7) is 3.63. The maximum atomic E-state index is 11.2. The van der Waals surface area contributed by atoms with Crippen LogP contribution >= 0.6 is 0 Å². The van der Waals surface area contributed by atoms with E-state index in [0.29, 0.717) is 19.6 Å². The van der Waals surface area contributed by atoms with Gasteiger partial charge in [-0.3, -0.25) is 0 Å². The van der Waals surface area contributed by atoms with Crippen LogP contribution in [0.2, 0.25) is 0 Å². The number of rotatable bonds is 10. The van der Waals surface area contributed by atoms with Gasteiger partial charge >= 0.3 is 0 Å². The standard InChI is InChI=1S/C9H23N3O2S/c1-2-8-11-15(13,14)12-9-6-4-3-5-7-10/h11-12H,2-10H2,1H3. The lowest BCUT2D eigenvalue weighted by Crippen LogP contribution is -2.37. The molecule has 0 aliphatic rings. The van der Waals surface area contributed by atoms with Crippen molar-refractivity contribution in [1.29, 1.82) is 0 Å². The normalized spacial score (nSPS) is 11.9. The largest absolute Gasteiger partial charge is 0.330 e. The molecule has 0 spiro atoms. The van der Waals surface area contributed by atoms with E-state index in [9.17, 15) is 8.42 Å². The second-order valence-corrected chi connectivity index (χ2v) is 5.08. The third-order valence-electron chi connectivity index (χ3n) is 1.97. The molecule has 0 aliphatic carbocycles. The molecule has 0 unspecified atom stereocenters. The molecule has 0 atom stereocenters. The molecule has 0 bridgehead atoms. The van der Waals surface area contributed by atoms with Gasteiger partial charge in [-0.2, -0.15) is 8.42 Å². The molecule has 15 heavy (non-hydrogen) atoms. The Morgan fingerprint density at radius 3 is 2.20 bits per heavy atom. The minimum Gasteiger partial charge on any atom is -0.330 e. The average Bonchev–Trinajstić information content (AvgIpc) is 2.20. The SMILES string of the molecule is CCCNS(=O)(=O)NCCCCCCN. The van der Waals surface area contributed by atoms with Crippen molar-refractivity contribution in [1.82, 2.24) is 9.44 Å². The predicted molar refractivity (Wildman–Crippen MR) is 62.7 cm³/mol. The van der Waals surface area contributed by atoms with Crippen LogP contribution in [0, 0.1) is 0 Å². The summed E-state index contributed by atoms with van der Waals surface area (Å²) in [5.74, 6) is 0. The van der Waals surface area contributed by atoms with Crippen LogP contribution in [0.5, 0.6) is 0 Å². The van der Waals surface area contributed by atoms with E-state index in [4.69, 9.17) is 5.73 Å². The average molecular weight is 237 g/mol. The second kappa shape index (κ2) is 9.08. The van der Waals surface area contributed by atoms with Crippen LogP contribution in [-0.4, -0.2) is 28.1 Å². The number of nitrogens with two attached hydrogens (primary N) is 1. The Balaban J connectivity index is 3.41. The Morgan fingerprint density at radius 2 is 1.60 bits per heavy atom. The zero-order chi connectivity index (χ0) is 11.6. The second-order valence-electron chi connectivity index (χ2n) is 3.50. The zero-order valence-corrected chi connectivity index (χ0v) is 10.3. The Morgan fingerprint density at radius 1 is 1.00 bits per heavy atom. The Kier molecular flexibility index (Phi) is 8.98. The molecule has 0 fully saturated rings. The first-order valence-corrected chi connectivity index (χ1v) is 7.05. The summed E-state index contributed by atoms with van der Waals surface area (Å²) >= 11 is 0. The van der Waals surface area contributed by atoms with E-state index in [1.807, 2.05) is 6.92 Å². The van der Waals surface area contributed by atoms with Gasteiger partial charge in [-0.25, -0.2) is 9.44 Å². The fourth-order valence-electron chi connectivity index (χ4n) is 1.12. The molecule has 5 nitrogen and oxygen atoms in total. The van der Waals surface area contributed by atoms with Gasteiger partial charge in [0.25, 0.3) is 10.2 Å². The van der Waals surface area contributed by atoms with E-state index in [1.54, 1.807) is 0 Å². The molecule has 0 aromatic carbocycles. The van der Waals surface area contributed by atoms with Crippen LogP contribution in [0.15, 0.2) is 0 Å². The van der Waals surface area contributed by atoms with Crippen molar-refractivity contribution in [2.45, 2.75) is 39.0 Å². The lowest BCUT2D eigenvalue weighted by molar-refractivity contribution is 0.558. The molecule has 0 aromatic heterocycles. The fourth-order valence-corrected chi connectivity index (χ4v) is 2.10. The highest BCUT2D eigenvalue weighted by Gasteiger charge is 2.05. The summed E-state index contributed by atoms with van der Waals surface area (Å²) in [5.41, 5.74) is 5.35. The van der Waals surface area contributed by atoms with Gasteiger partial charge in [0, 0.05) is 13.1 Å². The van der Waals surface area contributed by atoms with Crippen molar-refractivity contribution in [3.05, 3.63) is 0 Å². The van der Waals surface area contributed by atoms with E-state index in [-0.39, 0.29) is 0 Å². The summed E-state index contributed by atoms with van der Waals surface area (Å²) in [6.07, 6.45) is 4.78. The Bertz CT molecular complexity index is 230. The van der Waals surface area contributed by atoms with Crippen molar-refractivity contribution >= 4 is 10.2 Å². The quantitative estimate of drug-likeness (QED) is 0.479. The van der Waals surface area contributed by atoms with Crippen molar-refractivity contribution in [2.75, 3.05) is 19.6 Å². The monoisotopic (exact) mass is 237 g/mol. The van der Waals surface area contributed by atoms with Crippen LogP contribution in [-0.2, 0) is 10.2 Å². The lowest BCUT2D eigenvalue weighted by atomic mass is 10.2. The molecule has 0 amide bonds. The van der Waals surface area contributed by atoms with Crippen LogP contribution in [0.4, 0.5) is 0 Å². The van der Waals surface area contributed by atoms with Gasteiger partial charge in [0.05, 0.1) is 0 Å². The first kappa shape index (κ1) is 14.8. The van der Waals surface area contributed by atoms with E-state index >= 15 is 0 Å². The highest BCUT2D eigenvalue weighted by atomic mass is 32.2.